The van der Waals surface area contributed by atoms with Gasteiger partial charge in [-0.1, -0.05) is 30.3 Å². The van der Waals surface area contributed by atoms with Gasteiger partial charge in [0.25, 0.3) is 5.69 Å². The standard InChI is InChI=1S/C15H16BrN3O3/c1-15(20,11-5-3-2-4-6-11)7-8-17-14-13(16)9-12(10-18-14)19(21)22/h2-6,9-10,20H,7-8H2,1H3,(H,17,18). The fourth-order valence-corrected chi connectivity index (χ4v) is 2.50. The first kappa shape index (κ1) is 16.4. The van der Waals surface area contributed by atoms with Crippen molar-refractivity contribution in [3.63, 3.8) is 0 Å². The Kier molecular flexibility index (Phi) is 5.10. The lowest BCUT2D eigenvalue weighted by molar-refractivity contribution is -0.385. The highest BCUT2D eigenvalue weighted by molar-refractivity contribution is 9.10. The van der Waals surface area contributed by atoms with E-state index in [1.54, 1.807) is 6.92 Å². The van der Waals surface area contributed by atoms with Crippen molar-refractivity contribution in [2.75, 3.05) is 11.9 Å². The highest BCUT2D eigenvalue weighted by atomic mass is 79.9. The predicted octanol–water partition coefficient (Wildman–Crippen LogP) is 3.46. The Morgan fingerprint density at radius 3 is 2.68 bits per heavy atom. The van der Waals surface area contributed by atoms with E-state index in [1.807, 2.05) is 30.3 Å². The van der Waals surface area contributed by atoms with E-state index in [4.69, 9.17) is 0 Å². The molecule has 2 aromatic rings. The van der Waals surface area contributed by atoms with E-state index in [0.717, 1.165) is 5.56 Å². The van der Waals surface area contributed by atoms with E-state index in [0.29, 0.717) is 23.3 Å². The van der Waals surface area contributed by atoms with Crippen LogP contribution in [0.3, 0.4) is 0 Å². The molecule has 22 heavy (non-hydrogen) atoms. The number of nitrogens with one attached hydrogen (secondary N) is 1. The van der Waals surface area contributed by atoms with Gasteiger partial charge in [0.1, 0.15) is 12.0 Å². The zero-order valence-electron chi connectivity index (χ0n) is 12.0. The van der Waals surface area contributed by atoms with Gasteiger partial charge < -0.3 is 10.4 Å². The fraction of sp³-hybridized carbons (Fsp3) is 0.267. The monoisotopic (exact) mass is 365 g/mol. The molecule has 2 rings (SSSR count). The number of hydrogen-bond donors (Lipinski definition) is 2. The summed E-state index contributed by atoms with van der Waals surface area (Å²) in [4.78, 5) is 14.2. The molecule has 1 unspecified atom stereocenters. The van der Waals surface area contributed by atoms with Gasteiger partial charge in [-0.3, -0.25) is 10.1 Å². The number of hydrogen-bond acceptors (Lipinski definition) is 5. The molecule has 1 heterocycles. The third-order valence-electron chi connectivity index (χ3n) is 3.34. The highest BCUT2D eigenvalue weighted by Crippen LogP contribution is 2.27. The van der Waals surface area contributed by atoms with Gasteiger partial charge in [0.2, 0.25) is 0 Å². The quantitative estimate of drug-likeness (QED) is 0.604. The maximum Gasteiger partial charge on any atom is 0.288 e. The molecule has 7 heteroatoms. The number of anilines is 1. The number of aliphatic hydroxyl groups is 1. The Morgan fingerprint density at radius 2 is 2.09 bits per heavy atom. The molecule has 0 amide bonds. The Morgan fingerprint density at radius 1 is 1.41 bits per heavy atom. The number of nitro groups is 1. The molecule has 0 fully saturated rings. The van der Waals surface area contributed by atoms with Crippen LogP contribution in [0.1, 0.15) is 18.9 Å². The Hall–Kier alpha value is -1.99. The van der Waals surface area contributed by atoms with Gasteiger partial charge in [0.15, 0.2) is 0 Å². The number of pyridine rings is 1. The van der Waals surface area contributed by atoms with Crippen molar-refractivity contribution in [3.05, 3.63) is 62.7 Å². The van der Waals surface area contributed by atoms with Crippen molar-refractivity contribution < 1.29 is 10.0 Å². The van der Waals surface area contributed by atoms with E-state index in [9.17, 15) is 15.2 Å². The number of rotatable bonds is 6. The number of nitrogens with zero attached hydrogens (tertiary/aromatic N) is 2. The van der Waals surface area contributed by atoms with Gasteiger partial charge in [0, 0.05) is 12.6 Å². The predicted molar refractivity (Wildman–Crippen MR) is 87.7 cm³/mol. The third kappa shape index (κ3) is 4.02. The summed E-state index contributed by atoms with van der Waals surface area (Å²) in [7, 11) is 0. The van der Waals surface area contributed by atoms with E-state index < -0.39 is 10.5 Å². The molecule has 116 valence electrons. The topological polar surface area (TPSA) is 88.3 Å². The van der Waals surface area contributed by atoms with Crippen LogP contribution in [-0.4, -0.2) is 21.6 Å². The molecule has 0 bridgehead atoms. The smallest absolute Gasteiger partial charge is 0.288 e. The maximum absolute atomic E-state index is 10.7. The van der Waals surface area contributed by atoms with Crippen LogP contribution in [0.2, 0.25) is 0 Å². The fourth-order valence-electron chi connectivity index (χ4n) is 2.02. The Labute approximate surface area is 136 Å². The van der Waals surface area contributed by atoms with Crippen molar-refractivity contribution in [2.45, 2.75) is 18.9 Å². The summed E-state index contributed by atoms with van der Waals surface area (Å²) in [5.74, 6) is 0.509. The first-order chi connectivity index (χ1) is 10.4. The molecule has 0 aliphatic carbocycles. The lowest BCUT2D eigenvalue weighted by Crippen LogP contribution is -2.24. The van der Waals surface area contributed by atoms with Crippen LogP contribution in [0.25, 0.3) is 0 Å². The molecule has 0 radical (unpaired) electrons. The summed E-state index contributed by atoms with van der Waals surface area (Å²) in [5, 5.41) is 24.2. The number of halogens is 1. The SMILES string of the molecule is CC(O)(CCNc1ncc([N+](=O)[O-])cc1Br)c1ccccc1. The normalized spacial score (nSPS) is 13.4. The van der Waals surface area contributed by atoms with Crippen molar-refractivity contribution in [1.29, 1.82) is 0 Å². The Bertz CT molecular complexity index is 662. The van der Waals surface area contributed by atoms with Gasteiger partial charge in [-0.25, -0.2) is 4.98 Å². The molecule has 0 saturated carbocycles. The van der Waals surface area contributed by atoms with Gasteiger partial charge in [-0.15, -0.1) is 0 Å². The van der Waals surface area contributed by atoms with Crippen molar-refractivity contribution in [2.24, 2.45) is 0 Å². The molecule has 6 nitrogen and oxygen atoms in total. The van der Waals surface area contributed by atoms with Gasteiger partial charge in [-0.05, 0) is 34.8 Å². The zero-order chi connectivity index (χ0) is 16.2. The minimum absolute atomic E-state index is 0.0753. The summed E-state index contributed by atoms with van der Waals surface area (Å²) >= 11 is 3.25. The van der Waals surface area contributed by atoms with Gasteiger partial charge in [-0.2, -0.15) is 0 Å². The van der Waals surface area contributed by atoms with Crippen molar-refractivity contribution >= 4 is 27.4 Å². The molecule has 1 atom stereocenters. The van der Waals surface area contributed by atoms with Crippen molar-refractivity contribution in [3.8, 4) is 0 Å². The van der Waals surface area contributed by atoms with Crippen LogP contribution in [0.15, 0.2) is 47.1 Å². The van der Waals surface area contributed by atoms with Crippen LogP contribution < -0.4 is 5.32 Å². The zero-order valence-corrected chi connectivity index (χ0v) is 13.6. The van der Waals surface area contributed by atoms with Crippen molar-refractivity contribution in [1.82, 2.24) is 4.98 Å². The molecule has 0 spiro atoms. The summed E-state index contributed by atoms with van der Waals surface area (Å²) in [6.45, 7) is 2.23. The average Bonchev–Trinajstić information content (AvgIpc) is 2.49. The lowest BCUT2D eigenvalue weighted by atomic mass is 9.93. The molecule has 0 aliphatic heterocycles. The molecule has 1 aromatic carbocycles. The average molecular weight is 366 g/mol. The summed E-state index contributed by atoms with van der Waals surface area (Å²) in [6.07, 6.45) is 1.67. The second-order valence-corrected chi connectivity index (χ2v) is 5.95. The molecular formula is C15H16BrN3O3. The van der Waals surface area contributed by atoms with Crippen LogP contribution in [0, 0.1) is 10.1 Å². The van der Waals surface area contributed by atoms with E-state index in [2.05, 4.69) is 26.2 Å². The molecule has 1 aromatic heterocycles. The van der Waals surface area contributed by atoms with Gasteiger partial charge >= 0.3 is 0 Å². The van der Waals surface area contributed by atoms with Crippen LogP contribution in [0.4, 0.5) is 11.5 Å². The summed E-state index contributed by atoms with van der Waals surface area (Å²) in [5.41, 5.74) is -0.192. The van der Waals surface area contributed by atoms with Crippen LogP contribution >= 0.6 is 15.9 Å². The lowest BCUT2D eigenvalue weighted by Gasteiger charge is -2.24. The second-order valence-electron chi connectivity index (χ2n) is 5.10. The first-order valence-corrected chi connectivity index (χ1v) is 7.51. The second kappa shape index (κ2) is 6.85. The highest BCUT2D eigenvalue weighted by Gasteiger charge is 2.22. The first-order valence-electron chi connectivity index (χ1n) is 6.72. The number of aromatic nitrogens is 1. The number of benzene rings is 1. The minimum atomic E-state index is -0.957. The maximum atomic E-state index is 10.7. The summed E-state index contributed by atoms with van der Waals surface area (Å²) < 4.78 is 0.515. The molecule has 0 aliphatic rings. The van der Waals surface area contributed by atoms with Crippen LogP contribution in [-0.2, 0) is 5.60 Å². The molecule has 0 saturated heterocycles. The van der Waals surface area contributed by atoms with Gasteiger partial charge in [0.05, 0.1) is 15.0 Å². The van der Waals surface area contributed by atoms with E-state index in [1.165, 1.54) is 12.3 Å². The van der Waals surface area contributed by atoms with E-state index in [-0.39, 0.29) is 5.69 Å². The third-order valence-corrected chi connectivity index (χ3v) is 3.94. The Balaban J connectivity index is 1.98. The summed E-state index contributed by atoms with van der Waals surface area (Å²) in [6, 6.07) is 10.8. The largest absolute Gasteiger partial charge is 0.385 e. The van der Waals surface area contributed by atoms with Crippen LogP contribution in [0.5, 0.6) is 0 Å². The molecular weight excluding hydrogens is 350 g/mol. The minimum Gasteiger partial charge on any atom is -0.385 e. The van der Waals surface area contributed by atoms with E-state index >= 15 is 0 Å². The molecule has 2 N–H and O–H groups in total.